The van der Waals surface area contributed by atoms with Gasteiger partial charge in [0, 0.05) is 36.0 Å². The standard InChI is InChI=1S/C23H28N2O6/c1-6-25(15-22(26)24-17-8-7-9-18(13-17)28-2)23(27)11-10-16-12-20(30-4)21(31-5)14-19(16)29-3/h7-14H,6,15H2,1-5H3,(H,24,26)/b11-10+. The van der Waals surface area contributed by atoms with Crippen LogP contribution < -0.4 is 24.3 Å². The van der Waals surface area contributed by atoms with Gasteiger partial charge in [0.05, 0.1) is 28.4 Å². The van der Waals surface area contributed by atoms with Gasteiger partial charge in [0.1, 0.15) is 18.0 Å². The first-order valence-corrected chi connectivity index (χ1v) is 9.66. The zero-order chi connectivity index (χ0) is 22.8. The van der Waals surface area contributed by atoms with Crippen molar-refractivity contribution in [2.45, 2.75) is 6.92 Å². The molecule has 2 amide bonds. The molecule has 0 aromatic heterocycles. The second-order valence-electron chi connectivity index (χ2n) is 6.42. The van der Waals surface area contributed by atoms with E-state index >= 15 is 0 Å². The first-order valence-electron chi connectivity index (χ1n) is 9.66. The van der Waals surface area contributed by atoms with Crippen molar-refractivity contribution < 1.29 is 28.5 Å². The molecule has 0 saturated carbocycles. The number of amides is 2. The van der Waals surface area contributed by atoms with Gasteiger partial charge in [-0.15, -0.1) is 0 Å². The van der Waals surface area contributed by atoms with E-state index in [0.717, 1.165) is 0 Å². The normalized spacial score (nSPS) is 10.5. The van der Waals surface area contributed by atoms with Crippen LogP contribution in [0.3, 0.4) is 0 Å². The molecule has 0 aliphatic heterocycles. The highest BCUT2D eigenvalue weighted by molar-refractivity contribution is 5.98. The second-order valence-corrected chi connectivity index (χ2v) is 6.42. The minimum absolute atomic E-state index is 0.0834. The molecule has 0 atom stereocenters. The van der Waals surface area contributed by atoms with Crippen molar-refractivity contribution in [1.29, 1.82) is 0 Å². The molecular formula is C23H28N2O6. The number of carbonyl (C=O) groups excluding carboxylic acids is 2. The Morgan fingerprint density at radius 2 is 1.61 bits per heavy atom. The van der Waals surface area contributed by atoms with Crippen LogP contribution >= 0.6 is 0 Å². The average Bonchev–Trinajstić information content (AvgIpc) is 2.80. The van der Waals surface area contributed by atoms with E-state index in [1.807, 2.05) is 6.92 Å². The summed E-state index contributed by atoms with van der Waals surface area (Å²) in [6.07, 6.45) is 3.01. The summed E-state index contributed by atoms with van der Waals surface area (Å²) in [5, 5.41) is 2.77. The third kappa shape index (κ3) is 6.40. The topological polar surface area (TPSA) is 86.3 Å². The van der Waals surface area contributed by atoms with Crippen molar-refractivity contribution in [2.24, 2.45) is 0 Å². The number of carbonyl (C=O) groups is 2. The Bertz CT molecular complexity index is 942. The van der Waals surface area contributed by atoms with Crippen molar-refractivity contribution >= 4 is 23.6 Å². The van der Waals surface area contributed by atoms with Gasteiger partial charge < -0.3 is 29.2 Å². The highest BCUT2D eigenvalue weighted by Gasteiger charge is 2.15. The molecule has 8 heteroatoms. The van der Waals surface area contributed by atoms with Gasteiger partial charge >= 0.3 is 0 Å². The Balaban J connectivity index is 2.10. The monoisotopic (exact) mass is 428 g/mol. The van der Waals surface area contributed by atoms with Crippen LogP contribution in [0.1, 0.15) is 12.5 Å². The van der Waals surface area contributed by atoms with Gasteiger partial charge in [-0.1, -0.05) is 6.07 Å². The summed E-state index contributed by atoms with van der Waals surface area (Å²) >= 11 is 0. The molecule has 0 saturated heterocycles. The molecule has 0 radical (unpaired) electrons. The first-order chi connectivity index (χ1) is 14.9. The van der Waals surface area contributed by atoms with Crippen molar-refractivity contribution in [2.75, 3.05) is 46.8 Å². The molecule has 2 rings (SSSR count). The van der Waals surface area contributed by atoms with Crippen molar-refractivity contribution in [3.63, 3.8) is 0 Å². The fourth-order valence-corrected chi connectivity index (χ4v) is 2.87. The lowest BCUT2D eigenvalue weighted by Gasteiger charge is -2.19. The summed E-state index contributed by atoms with van der Waals surface area (Å²) in [6.45, 7) is 2.10. The summed E-state index contributed by atoms with van der Waals surface area (Å²) in [6, 6.07) is 10.4. The molecule has 0 spiro atoms. The van der Waals surface area contributed by atoms with Crippen LogP contribution in [-0.2, 0) is 9.59 Å². The average molecular weight is 428 g/mol. The van der Waals surface area contributed by atoms with E-state index < -0.39 is 0 Å². The number of nitrogens with one attached hydrogen (secondary N) is 1. The van der Waals surface area contributed by atoms with E-state index in [2.05, 4.69) is 5.32 Å². The fraction of sp³-hybridized carbons (Fsp3) is 0.304. The van der Waals surface area contributed by atoms with Crippen LogP contribution in [-0.4, -0.2) is 58.2 Å². The van der Waals surface area contributed by atoms with Gasteiger partial charge in [0.2, 0.25) is 11.8 Å². The molecule has 1 N–H and O–H groups in total. The molecular weight excluding hydrogens is 400 g/mol. The second kappa shape index (κ2) is 11.5. The number of ether oxygens (including phenoxy) is 4. The number of hydrogen-bond donors (Lipinski definition) is 1. The number of methoxy groups -OCH3 is 4. The van der Waals surface area contributed by atoms with Gasteiger partial charge in [0.15, 0.2) is 11.5 Å². The minimum Gasteiger partial charge on any atom is -0.497 e. The van der Waals surface area contributed by atoms with E-state index in [0.29, 0.717) is 40.8 Å². The van der Waals surface area contributed by atoms with Gasteiger partial charge in [-0.2, -0.15) is 0 Å². The molecule has 0 fully saturated rings. The van der Waals surface area contributed by atoms with Crippen molar-refractivity contribution in [3.05, 3.63) is 48.0 Å². The smallest absolute Gasteiger partial charge is 0.247 e. The molecule has 0 heterocycles. The van der Waals surface area contributed by atoms with Gasteiger partial charge in [-0.05, 0) is 31.2 Å². The Morgan fingerprint density at radius 3 is 2.23 bits per heavy atom. The number of rotatable bonds is 10. The zero-order valence-electron chi connectivity index (χ0n) is 18.4. The minimum atomic E-state index is -0.305. The summed E-state index contributed by atoms with van der Waals surface area (Å²) in [4.78, 5) is 26.5. The Kier molecular flexibility index (Phi) is 8.75. The van der Waals surface area contributed by atoms with E-state index in [9.17, 15) is 9.59 Å². The maximum absolute atomic E-state index is 12.7. The lowest BCUT2D eigenvalue weighted by molar-refractivity contribution is -0.130. The van der Waals surface area contributed by atoms with Gasteiger partial charge in [-0.3, -0.25) is 9.59 Å². The van der Waals surface area contributed by atoms with Crippen LogP contribution in [0, 0.1) is 0 Å². The van der Waals surface area contributed by atoms with Gasteiger partial charge in [-0.25, -0.2) is 0 Å². The highest BCUT2D eigenvalue weighted by atomic mass is 16.5. The SMILES string of the molecule is CCN(CC(=O)Nc1cccc(OC)c1)C(=O)/C=C/c1cc(OC)c(OC)cc1OC. The van der Waals surface area contributed by atoms with Crippen molar-refractivity contribution in [1.82, 2.24) is 4.90 Å². The predicted molar refractivity (Wildman–Crippen MR) is 119 cm³/mol. The Morgan fingerprint density at radius 1 is 0.935 bits per heavy atom. The van der Waals surface area contributed by atoms with E-state index in [1.54, 1.807) is 49.6 Å². The fourth-order valence-electron chi connectivity index (χ4n) is 2.87. The van der Waals surface area contributed by atoms with E-state index in [-0.39, 0.29) is 18.4 Å². The first kappa shape index (κ1) is 23.6. The van der Waals surface area contributed by atoms with Crippen LogP contribution in [0.4, 0.5) is 5.69 Å². The molecule has 166 valence electrons. The maximum Gasteiger partial charge on any atom is 0.247 e. The largest absolute Gasteiger partial charge is 0.497 e. The molecule has 2 aromatic rings. The lowest BCUT2D eigenvalue weighted by Crippen LogP contribution is -2.36. The third-order valence-electron chi connectivity index (χ3n) is 4.52. The third-order valence-corrected chi connectivity index (χ3v) is 4.52. The van der Waals surface area contributed by atoms with Crippen LogP contribution in [0.15, 0.2) is 42.5 Å². The summed E-state index contributed by atoms with van der Waals surface area (Å²) < 4.78 is 21.1. The molecule has 0 unspecified atom stereocenters. The zero-order valence-corrected chi connectivity index (χ0v) is 18.4. The molecule has 0 aliphatic carbocycles. The quantitative estimate of drug-likeness (QED) is 0.585. The molecule has 2 aromatic carbocycles. The summed E-state index contributed by atoms with van der Waals surface area (Å²) in [5.74, 6) is 1.59. The van der Waals surface area contributed by atoms with E-state index in [4.69, 9.17) is 18.9 Å². The van der Waals surface area contributed by atoms with Gasteiger partial charge in [0.25, 0.3) is 0 Å². The highest BCUT2D eigenvalue weighted by Crippen LogP contribution is 2.35. The number of hydrogen-bond acceptors (Lipinski definition) is 6. The predicted octanol–water partition coefficient (Wildman–Crippen LogP) is 3.22. The molecule has 8 nitrogen and oxygen atoms in total. The Hall–Kier alpha value is -3.68. The molecule has 0 bridgehead atoms. The Labute approximate surface area is 182 Å². The molecule has 31 heavy (non-hydrogen) atoms. The lowest BCUT2D eigenvalue weighted by atomic mass is 10.1. The summed E-state index contributed by atoms with van der Waals surface area (Å²) in [5.41, 5.74) is 1.24. The van der Waals surface area contributed by atoms with Crippen LogP contribution in [0.25, 0.3) is 6.08 Å². The molecule has 0 aliphatic rings. The summed E-state index contributed by atoms with van der Waals surface area (Å²) in [7, 11) is 6.15. The number of anilines is 1. The number of benzene rings is 2. The maximum atomic E-state index is 12.7. The van der Waals surface area contributed by atoms with Crippen molar-refractivity contribution in [3.8, 4) is 23.0 Å². The number of likely N-dealkylation sites (N-methyl/N-ethyl adjacent to an activating group) is 1. The van der Waals surface area contributed by atoms with Crippen LogP contribution in [0.5, 0.6) is 23.0 Å². The van der Waals surface area contributed by atoms with E-state index in [1.165, 1.54) is 32.3 Å². The van der Waals surface area contributed by atoms with Crippen LogP contribution in [0.2, 0.25) is 0 Å². The number of nitrogens with zero attached hydrogens (tertiary/aromatic N) is 1.